The van der Waals surface area contributed by atoms with Gasteiger partial charge in [-0.15, -0.1) is 0 Å². The van der Waals surface area contributed by atoms with Crippen LogP contribution in [0.1, 0.15) is 10.4 Å². The summed E-state index contributed by atoms with van der Waals surface area (Å²) in [6.45, 7) is 0. The lowest BCUT2D eigenvalue weighted by Crippen LogP contribution is -1.91. The molecule has 0 saturated carbocycles. The Bertz CT molecular complexity index is 550. The Hall–Kier alpha value is -1.80. The van der Waals surface area contributed by atoms with Crippen molar-refractivity contribution < 1.29 is 9.53 Å². The number of benzene rings is 2. The first kappa shape index (κ1) is 11.7. The van der Waals surface area contributed by atoms with Crippen LogP contribution in [0.25, 0.3) is 11.1 Å². The first-order valence-electron chi connectivity index (χ1n) is 5.14. The number of rotatable bonds is 3. The van der Waals surface area contributed by atoms with Crippen LogP contribution in [-0.2, 0) is 0 Å². The summed E-state index contributed by atoms with van der Waals surface area (Å²) in [5, 5.41) is 0.613. The Balaban J connectivity index is 2.66. The molecule has 3 heteroatoms. The third-order valence-electron chi connectivity index (χ3n) is 2.54. The van der Waals surface area contributed by atoms with Gasteiger partial charge in [0.15, 0.2) is 6.29 Å². The lowest BCUT2D eigenvalue weighted by molar-refractivity contribution is 0.112. The predicted octanol–water partition coefficient (Wildman–Crippen LogP) is 3.83. The van der Waals surface area contributed by atoms with Gasteiger partial charge >= 0.3 is 0 Å². The van der Waals surface area contributed by atoms with E-state index in [-0.39, 0.29) is 0 Å². The van der Waals surface area contributed by atoms with Gasteiger partial charge in [-0.1, -0.05) is 35.9 Å². The summed E-state index contributed by atoms with van der Waals surface area (Å²) in [7, 11) is 1.59. The first-order chi connectivity index (χ1) is 8.26. The van der Waals surface area contributed by atoms with Gasteiger partial charge in [-0.05, 0) is 23.8 Å². The van der Waals surface area contributed by atoms with Gasteiger partial charge < -0.3 is 4.74 Å². The number of ether oxygens (including phenoxy) is 1. The highest BCUT2D eigenvalue weighted by molar-refractivity contribution is 6.31. The van der Waals surface area contributed by atoms with Crippen molar-refractivity contribution in [3.05, 3.63) is 53.1 Å². The van der Waals surface area contributed by atoms with Crippen molar-refractivity contribution in [1.29, 1.82) is 0 Å². The highest BCUT2D eigenvalue weighted by Crippen LogP contribution is 2.33. The number of hydrogen-bond donors (Lipinski definition) is 0. The van der Waals surface area contributed by atoms with E-state index in [0.29, 0.717) is 16.3 Å². The smallest absolute Gasteiger partial charge is 0.150 e. The molecular weight excluding hydrogens is 236 g/mol. The molecule has 2 nitrogen and oxygen atoms in total. The van der Waals surface area contributed by atoms with Crippen molar-refractivity contribution >= 4 is 17.9 Å². The van der Waals surface area contributed by atoms with Crippen molar-refractivity contribution in [2.45, 2.75) is 0 Å². The van der Waals surface area contributed by atoms with Gasteiger partial charge in [-0.25, -0.2) is 0 Å². The largest absolute Gasteiger partial charge is 0.496 e. The Morgan fingerprint density at radius 2 is 1.88 bits per heavy atom. The summed E-state index contributed by atoms with van der Waals surface area (Å²) >= 11 is 5.98. The number of aldehydes is 1. The van der Waals surface area contributed by atoms with Gasteiger partial charge in [0.1, 0.15) is 5.75 Å². The fraction of sp³-hybridized carbons (Fsp3) is 0.0714. The van der Waals surface area contributed by atoms with Crippen molar-refractivity contribution in [1.82, 2.24) is 0 Å². The highest BCUT2D eigenvalue weighted by atomic mass is 35.5. The van der Waals surface area contributed by atoms with E-state index in [0.717, 1.165) is 17.4 Å². The molecular formula is C14H11ClO2. The Morgan fingerprint density at radius 3 is 2.59 bits per heavy atom. The fourth-order valence-corrected chi connectivity index (χ4v) is 1.91. The Labute approximate surface area is 105 Å². The molecule has 0 bridgehead atoms. The molecule has 0 saturated heterocycles. The average Bonchev–Trinajstić information content (AvgIpc) is 2.38. The third kappa shape index (κ3) is 2.32. The second-order valence-electron chi connectivity index (χ2n) is 3.55. The van der Waals surface area contributed by atoms with Gasteiger partial charge in [-0.2, -0.15) is 0 Å². The lowest BCUT2D eigenvalue weighted by Gasteiger charge is -2.10. The van der Waals surface area contributed by atoms with E-state index in [1.54, 1.807) is 31.4 Å². The van der Waals surface area contributed by atoms with Gasteiger partial charge in [0.25, 0.3) is 0 Å². The van der Waals surface area contributed by atoms with E-state index in [1.165, 1.54) is 0 Å². The molecule has 86 valence electrons. The summed E-state index contributed by atoms with van der Waals surface area (Å²) in [5.41, 5.74) is 2.26. The van der Waals surface area contributed by atoms with E-state index in [1.807, 2.05) is 18.2 Å². The van der Waals surface area contributed by atoms with Gasteiger partial charge in [0, 0.05) is 16.1 Å². The van der Waals surface area contributed by atoms with Crippen LogP contribution < -0.4 is 4.74 Å². The van der Waals surface area contributed by atoms with Crippen molar-refractivity contribution in [2.24, 2.45) is 0 Å². The van der Waals surface area contributed by atoms with Gasteiger partial charge in [-0.3, -0.25) is 4.79 Å². The Kier molecular flexibility index (Phi) is 3.45. The van der Waals surface area contributed by atoms with E-state index in [9.17, 15) is 4.79 Å². The molecule has 2 rings (SSSR count). The SMILES string of the molecule is COc1ccc(Cl)cc1-c1ccccc1C=O. The number of hydrogen-bond acceptors (Lipinski definition) is 2. The molecule has 17 heavy (non-hydrogen) atoms. The number of halogens is 1. The molecule has 2 aromatic carbocycles. The summed E-state index contributed by atoms with van der Waals surface area (Å²) in [4.78, 5) is 11.0. The zero-order valence-corrected chi connectivity index (χ0v) is 10.1. The summed E-state index contributed by atoms with van der Waals surface area (Å²) in [6.07, 6.45) is 0.829. The maximum Gasteiger partial charge on any atom is 0.150 e. The minimum absolute atomic E-state index is 0.613. The molecule has 0 spiro atoms. The zero-order valence-electron chi connectivity index (χ0n) is 9.31. The second-order valence-corrected chi connectivity index (χ2v) is 3.99. The molecule has 2 aromatic rings. The monoisotopic (exact) mass is 246 g/mol. The van der Waals surface area contributed by atoms with Crippen LogP contribution in [-0.4, -0.2) is 13.4 Å². The second kappa shape index (κ2) is 5.02. The van der Waals surface area contributed by atoms with E-state index in [4.69, 9.17) is 16.3 Å². The van der Waals surface area contributed by atoms with Crippen molar-refractivity contribution in [2.75, 3.05) is 7.11 Å². The molecule has 0 fully saturated rings. The molecule has 0 unspecified atom stereocenters. The van der Waals surface area contributed by atoms with Crippen LogP contribution in [0.4, 0.5) is 0 Å². The molecule has 0 aliphatic carbocycles. The summed E-state index contributed by atoms with van der Waals surface area (Å²) < 4.78 is 5.28. The van der Waals surface area contributed by atoms with Crippen LogP contribution in [0.2, 0.25) is 5.02 Å². The zero-order chi connectivity index (χ0) is 12.3. The molecule has 0 radical (unpaired) electrons. The number of carbonyl (C=O) groups is 1. The number of methoxy groups -OCH3 is 1. The molecule has 0 heterocycles. The van der Waals surface area contributed by atoms with E-state index < -0.39 is 0 Å². The molecule has 0 atom stereocenters. The summed E-state index contributed by atoms with van der Waals surface area (Å²) in [6, 6.07) is 12.7. The van der Waals surface area contributed by atoms with E-state index in [2.05, 4.69) is 0 Å². The molecule has 0 N–H and O–H groups in total. The third-order valence-corrected chi connectivity index (χ3v) is 2.77. The maximum absolute atomic E-state index is 11.0. The maximum atomic E-state index is 11.0. The summed E-state index contributed by atoms with van der Waals surface area (Å²) in [5.74, 6) is 0.698. The van der Waals surface area contributed by atoms with Crippen LogP contribution in [0.3, 0.4) is 0 Å². The standard InChI is InChI=1S/C14H11ClO2/c1-17-14-7-6-11(15)8-13(14)12-5-3-2-4-10(12)9-16/h2-9H,1H3. The van der Waals surface area contributed by atoms with Crippen LogP contribution in [0.15, 0.2) is 42.5 Å². The van der Waals surface area contributed by atoms with Crippen LogP contribution in [0, 0.1) is 0 Å². The quantitative estimate of drug-likeness (QED) is 0.770. The van der Waals surface area contributed by atoms with E-state index >= 15 is 0 Å². The number of carbonyl (C=O) groups excluding carboxylic acids is 1. The normalized spacial score (nSPS) is 10.0. The molecule has 0 aliphatic rings. The lowest BCUT2D eigenvalue weighted by atomic mass is 9.99. The molecule has 0 aromatic heterocycles. The minimum atomic E-state index is 0.613. The molecule has 0 aliphatic heterocycles. The predicted molar refractivity (Wildman–Crippen MR) is 68.8 cm³/mol. The van der Waals surface area contributed by atoms with Crippen molar-refractivity contribution in [3.63, 3.8) is 0 Å². The minimum Gasteiger partial charge on any atom is -0.496 e. The fourth-order valence-electron chi connectivity index (χ4n) is 1.74. The van der Waals surface area contributed by atoms with Crippen molar-refractivity contribution in [3.8, 4) is 16.9 Å². The Morgan fingerprint density at radius 1 is 1.12 bits per heavy atom. The highest BCUT2D eigenvalue weighted by Gasteiger charge is 2.09. The topological polar surface area (TPSA) is 26.3 Å². The van der Waals surface area contributed by atoms with Crippen LogP contribution in [0.5, 0.6) is 5.75 Å². The average molecular weight is 247 g/mol. The van der Waals surface area contributed by atoms with Gasteiger partial charge in [0.05, 0.1) is 7.11 Å². The molecule has 0 amide bonds. The first-order valence-corrected chi connectivity index (χ1v) is 5.52. The van der Waals surface area contributed by atoms with Crippen LogP contribution >= 0.6 is 11.6 Å². The van der Waals surface area contributed by atoms with Gasteiger partial charge in [0.2, 0.25) is 0 Å².